The van der Waals surface area contributed by atoms with Crippen molar-refractivity contribution in [3.05, 3.63) is 81.8 Å². The zero-order valence-corrected chi connectivity index (χ0v) is 13.4. The van der Waals surface area contributed by atoms with E-state index in [-0.39, 0.29) is 6.04 Å². The molecule has 0 radical (unpaired) electrons. The van der Waals surface area contributed by atoms with Gasteiger partial charge in [0.1, 0.15) is 0 Å². The topological polar surface area (TPSA) is 38.0 Å². The zero-order valence-electron chi connectivity index (χ0n) is 11.8. The summed E-state index contributed by atoms with van der Waals surface area (Å²) >= 11 is 3.51. The molecule has 0 aliphatic rings. The minimum atomic E-state index is -0.000697. The lowest BCUT2D eigenvalue weighted by molar-refractivity contribution is 0.634. The molecule has 0 amide bonds. The summed E-state index contributed by atoms with van der Waals surface area (Å²) in [6, 6.07) is 21.1. The predicted molar refractivity (Wildman–Crippen MR) is 92.0 cm³/mol. The Balaban J connectivity index is 2.09. The van der Waals surface area contributed by atoms with Crippen molar-refractivity contribution < 1.29 is 0 Å². The largest absolute Gasteiger partial charge is 0.271 e. The molecular formula is C18H17BrN2. The monoisotopic (exact) mass is 340 g/mol. The third-order valence-corrected chi connectivity index (χ3v) is 4.32. The van der Waals surface area contributed by atoms with Gasteiger partial charge in [0.2, 0.25) is 0 Å². The maximum Gasteiger partial charge on any atom is 0.0712 e. The van der Waals surface area contributed by atoms with Crippen LogP contribution in [0.25, 0.3) is 10.8 Å². The number of hydrazine groups is 1. The number of benzene rings is 3. The smallest absolute Gasteiger partial charge is 0.0712 e. The van der Waals surface area contributed by atoms with Gasteiger partial charge in [-0.05, 0) is 52.6 Å². The first-order chi connectivity index (χ1) is 10.2. The summed E-state index contributed by atoms with van der Waals surface area (Å²) in [6.07, 6.45) is 0. The van der Waals surface area contributed by atoms with Gasteiger partial charge in [-0.25, -0.2) is 5.43 Å². The van der Waals surface area contributed by atoms with Crippen LogP contribution in [0.4, 0.5) is 0 Å². The highest BCUT2D eigenvalue weighted by Gasteiger charge is 2.14. The van der Waals surface area contributed by atoms with Crippen LogP contribution >= 0.6 is 15.9 Å². The summed E-state index contributed by atoms with van der Waals surface area (Å²) < 4.78 is 1.09. The van der Waals surface area contributed by atoms with Gasteiger partial charge in [0.05, 0.1) is 6.04 Å². The lowest BCUT2D eigenvalue weighted by atomic mass is 9.94. The Kier molecular flexibility index (Phi) is 4.06. The fraction of sp³-hybridized carbons (Fsp3) is 0.111. The SMILES string of the molecule is Cc1ccccc1C(NN)c1ccc2cc(Br)ccc2c1. The highest BCUT2D eigenvalue weighted by atomic mass is 79.9. The molecule has 0 saturated carbocycles. The van der Waals surface area contributed by atoms with Gasteiger partial charge in [0.15, 0.2) is 0 Å². The Bertz CT molecular complexity index is 783. The second-order valence-corrected chi connectivity index (χ2v) is 6.12. The number of fused-ring (bicyclic) bond motifs is 1. The van der Waals surface area contributed by atoms with Gasteiger partial charge in [0.25, 0.3) is 0 Å². The minimum Gasteiger partial charge on any atom is -0.271 e. The molecule has 106 valence electrons. The Morgan fingerprint density at radius 2 is 1.67 bits per heavy atom. The lowest BCUT2D eigenvalue weighted by Crippen LogP contribution is -2.29. The molecule has 0 bridgehead atoms. The van der Waals surface area contributed by atoms with Crippen molar-refractivity contribution in [2.24, 2.45) is 5.84 Å². The Labute approximate surface area is 133 Å². The number of nitrogens with two attached hydrogens (primary N) is 1. The summed E-state index contributed by atoms with van der Waals surface area (Å²) in [7, 11) is 0. The molecule has 0 aliphatic heterocycles. The van der Waals surface area contributed by atoms with E-state index in [9.17, 15) is 0 Å². The van der Waals surface area contributed by atoms with E-state index in [1.165, 1.54) is 27.5 Å². The number of rotatable bonds is 3. The molecule has 21 heavy (non-hydrogen) atoms. The number of hydrogen-bond donors (Lipinski definition) is 2. The molecule has 3 N–H and O–H groups in total. The molecule has 2 nitrogen and oxygen atoms in total. The second-order valence-electron chi connectivity index (χ2n) is 5.21. The van der Waals surface area contributed by atoms with Gasteiger partial charge in [-0.1, -0.05) is 58.4 Å². The van der Waals surface area contributed by atoms with Crippen molar-refractivity contribution in [2.75, 3.05) is 0 Å². The van der Waals surface area contributed by atoms with Crippen LogP contribution in [-0.2, 0) is 0 Å². The summed E-state index contributed by atoms with van der Waals surface area (Å²) in [5, 5.41) is 2.43. The zero-order chi connectivity index (χ0) is 14.8. The molecule has 3 heteroatoms. The second kappa shape index (κ2) is 5.98. The van der Waals surface area contributed by atoms with Gasteiger partial charge in [-0.15, -0.1) is 0 Å². The quantitative estimate of drug-likeness (QED) is 0.545. The molecule has 0 saturated heterocycles. The standard InChI is InChI=1S/C18H17BrN2/c1-12-4-2-3-5-17(12)18(21-20)15-7-6-14-11-16(19)9-8-13(14)10-15/h2-11,18,21H,20H2,1H3. The number of halogens is 1. The van der Waals surface area contributed by atoms with Gasteiger partial charge in [-0.3, -0.25) is 5.84 Å². The van der Waals surface area contributed by atoms with E-state index in [2.05, 4.69) is 76.8 Å². The first-order valence-corrected chi connectivity index (χ1v) is 7.69. The highest BCUT2D eigenvalue weighted by Crippen LogP contribution is 2.28. The van der Waals surface area contributed by atoms with Crippen LogP contribution in [0.2, 0.25) is 0 Å². The van der Waals surface area contributed by atoms with E-state index >= 15 is 0 Å². The van der Waals surface area contributed by atoms with Gasteiger partial charge in [0, 0.05) is 4.47 Å². The van der Waals surface area contributed by atoms with Crippen molar-refractivity contribution in [1.82, 2.24) is 5.43 Å². The van der Waals surface area contributed by atoms with Crippen molar-refractivity contribution in [1.29, 1.82) is 0 Å². The molecule has 1 atom stereocenters. The third kappa shape index (κ3) is 2.86. The molecule has 0 spiro atoms. The average molecular weight is 341 g/mol. The van der Waals surface area contributed by atoms with Crippen LogP contribution in [0.5, 0.6) is 0 Å². The first-order valence-electron chi connectivity index (χ1n) is 6.90. The maximum absolute atomic E-state index is 5.82. The fourth-order valence-corrected chi connectivity index (χ4v) is 3.07. The Morgan fingerprint density at radius 3 is 2.43 bits per heavy atom. The van der Waals surface area contributed by atoms with E-state index in [1.54, 1.807) is 0 Å². The van der Waals surface area contributed by atoms with Crippen molar-refractivity contribution >= 4 is 26.7 Å². The number of nitrogens with one attached hydrogen (secondary N) is 1. The molecule has 3 aromatic rings. The van der Waals surface area contributed by atoms with Crippen LogP contribution < -0.4 is 11.3 Å². The normalized spacial score (nSPS) is 12.5. The van der Waals surface area contributed by atoms with E-state index in [1.807, 2.05) is 12.1 Å². The van der Waals surface area contributed by atoms with E-state index in [0.29, 0.717) is 0 Å². The molecule has 3 rings (SSSR count). The number of aryl methyl sites for hydroxylation is 1. The molecule has 1 unspecified atom stereocenters. The van der Waals surface area contributed by atoms with Crippen molar-refractivity contribution in [3.63, 3.8) is 0 Å². The molecule has 0 heterocycles. The van der Waals surface area contributed by atoms with Crippen LogP contribution in [0.3, 0.4) is 0 Å². The van der Waals surface area contributed by atoms with Gasteiger partial charge in [-0.2, -0.15) is 0 Å². The Hall–Kier alpha value is -1.68. The first kappa shape index (κ1) is 14.3. The number of hydrogen-bond acceptors (Lipinski definition) is 2. The summed E-state index contributed by atoms with van der Waals surface area (Å²) in [4.78, 5) is 0. The molecule has 3 aromatic carbocycles. The average Bonchev–Trinajstić information content (AvgIpc) is 2.50. The molecule has 0 aromatic heterocycles. The summed E-state index contributed by atoms with van der Waals surface area (Å²) in [5.41, 5.74) is 6.55. The molecular weight excluding hydrogens is 324 g/mol. The molecule has 0 fully saturated rings. The third-order valence-electron chi connectivity index (χ3n) is 3.83. The minimum absolute atomic E-state index is 0.000697. The van der Waals surface area contributed by atoms with Gasteiger partial charge < -0.3 is 0 Å². The Morgan fingerprint density at radius 1 is 0.952 bits per heavy atom. The fourth-order valence-electron chi connectivity index (χ4n) is 2.69. The van der Waals surface area contributed by atoms with Crippen LogP contribution in [0.1, 0.15) is 22.7 Å². The van der Waals surface area contributed by atoms with Gasteiger partial charge >= 0.3 is 0 Å². The van der Waals surface area contributed by atoms with Crippen molar-refractivity contribution in [2.45, 2.75) is 13.0 Å². The lowest BCUT2D eigenvalue weighted by Gasteiger charge is -2.19. The van der Waals surface area contributed by atoms with E-state index < -0.39 is 0 Å². The van der Waals surface area contributed by atoms with E-state index in [4.69, 9.17) is 5.84 Å². The van der Waals surface area contributed by atoms with Crippen LogP contribution in [0, 0.1) is 6.92 Å². The van der Waals surface area contributed by atoms with E-state index in [0.717, 1.165) is 4.47 Å². The molecule has 0 aliphatic carbocycles. The maximum atomic E-state index is 5.82. The highest BCUT2D eigenvalue weighted by molar-refractivity contribution is 9.10. The van der Waals surface area contributed by atoms with Crippen LogP contribution in [0.15, 0.2) is 65.1 Å². The van der Waals surface area contributed by atoms with Crippen LogP contribution in [-0.4, -0.2) is 0 Å². The summed E-state index contributed by atoms with van der Waals surface area (Å²) in [6.45, 7) is 2.11. The predicted octanol–water partition coefficient (Wildman–Crippen LogP) is 4.46. The summed E-state index contributed by atoms with van der Waals surface area (Å²) in [5.74, 6) is 5.82. The van der Waals surface area contributed by atoms with Crippen molar-refractivity contribution in [3.8, 4) is 0 Å².